The number of aliphatic hydroxyl groups is 1. The molecule has 2 atom stereocenters. The van der Waals surface area contributed by atoms with Gasteiger partial charge in [0.1, 0.15) is 11.9 Å². The van der Waals surface area contributed by atoms with E-state index in [1.54, 1.807) is 14.2 Å². The van der Waals surface area contributed by atoms with Gasteiger partial charge in [-0.15, -0.1) is 0 Å². The van der Waals surface area contributed by atoms with Crippen molar-refractivity contribution in [1.82, 2.24) is 4.90 Å². The molecule has 2 aromatic carbocycles. The molecule has 0 saturated carbocycles. The molecule has 0 aliphatic carbocycles. The van der Waals surface area contributed by atoms with Gasteiger partial charge < -0.3 is 19.4 Å². The Bertz CT molecular complexity index is 813. The minimum atomic E-state index is -0.580. The van der Waals surface area contributed by atoms with Gasteiger partial charge in [-0.3, -0.25) is 4.90 Å². The molecule has 0 radical (unpaired) electrons. The quantitative estimate of drug-likeness (QED) is 0.641. The number of oxime groups is 1. The fourth-order valence-electron chi connectivity index (χ4n) is 3.40. The summed E-state index contributed by atoms with van der Waals surface area (Å²) < 4.78 is 10.4. The Balaban J connectivity index is 1.64. The number of halogens is 1. The maximum absolute atomic E-state index is 10.3. The zero-order chi connectivity index (χ0) is 20.6. The third-order valence-electron chi connectivity index (χ3n) is 4.74. The van der Waals surface area contributed by atoms with Gasteiger partial charge in [-0.25, -0.2) is 0 Å². The standard InChI is InChI=1S/C22H27ClN2O4/c1-27-15-19(26)13-25(12-16-4-3-5-20(10-16)28-2)14-21-11-22(24-29-21)17-6-8-18(23)9-7-17/h3-10,19,21,26H,11-15H2,1-2H3/t19-,21-/m1/s1. The van der Waals surface area contributed by atoms with Gasteiger partial charge in [0.2, 0.25) is 0 Å². The van der Waals surface area contributed by atoms with Crippen LogP contribution in [0.25, 0.3) is 0 Å². The first kappa shape index (κ1) is 21.6. The molecule has 0 fully saturated rings. The molecule has 1 heterocycles. The van der Waals surface area contributed by atoms with Crippen LogP contribution >= 0.6 is 11.6 Å². The maximum atomic E-state index is 10.3. The average molecular weight is 419 g/mol. The second-order valence-corrected chi connectivity index (χ2v) is 7.57. The van der Waals surface area contributed by atoms with Crippen LogP contribution in [0, 0.1) is 0 Å². The van der Waals surface area contributed by atoms with Gasteiger partial charge in [-0.05, 0) is 35.4 Å². The normalized spacial score (nSPS) is 17.1. The van der Waals surface area contributed by atoms with Gasteiger partial charge in [0.25, 0.3) is 0 Å². The van der Waals surface area contributed by atoms with Crippen molar-refractivity contribution < 1.29 is 19.4 Å². The Kier molecular flexibility index (Phi) is 7.89. The summed E-state index contributed by atoms with van der Waals surface area (Å²) in [5.41, 5.74) is 3.02. The Morgan fingerprint density at radius 3 is 2.76 bits per heavy atom. The predicted octanol–water partition coefficient (Wildman–Crippen LogP) is 3.35. The number of hydrogen-bond acceptors (Lipinski definition) is 6. The van der Waals surface area contributed by atoms with Crippen molar-refractivity contribution in [3.8, 4) is 5.75 Å². The van der Waals surface area contributed by atoms with Crippen LogP contribution in [0.1, 0.15) is 17.5 Å². The van der Waals surface area contributed by atoms with Crippen LogP contribution in [0.15, 0.2) is 53.7 Å². The second kappa shape index (κ2) is 10.6. The SMILES string of the molecule is COC[C@H](O)CN(Cc1cccc(OC)c1)C[C@H]1CC(c2ccc(Cl)cc2)=NO1. The molecule has 0 aromatic heterocycles. The van der Waals surface area contributed by atoms with E-state index in [0.29, 0.717) is 31.1 Å². The molecule has 29 heavy (non-hydrogen) atoms. The summed E-state index contributed by atoms with van der Waals surface area (Å²) in [6, 6.07) is 15.5. The summed E-state index contributed by atoms with van der Waals surface area (Å²) in [7, 11) is 3.24. The second-order valence-electron chi connectivity index (χ2n) is 7.13. The van der Waals surface area contributed by atoms with Crippen molar-refractivity contribution >= 4 is 17.3 Å². The third kappa shape index (κ3) is 6.44. The summed E-state index contributed by atoms with van der Waals surface area (Å²) in [5.74, 6) is 0.811. The lowest BCUT2D eigenvalue weighted by Crippen LogP contribution is -2.39. The van der Waals surface area contributed by atoms with Gasteiger partial charge >= 0.3 is 0 Å². The van der Waals surface area contributed by atoms with Crippen molar-refractivity contribution in [2.45, 2.75) is 25.2 Å². The molecule has 1 aliphatic heterocycles. The highest BCUT2D eigenvalue weighted by molar-refractivity contribution is 6.30. The fourth-order valence-corrected chi connectivity index (χ4v) is 3.53. The molecular formula is C22H27ClN2O4. The van der Waals surface area contributed by atoms with E-state index in [-0.39, 0.29) is 12.7 Å². The van der Waals surface area contributed by atoms with E-state index < -0.39 is 6.10 Å². The molecule has 1 N–H and O–H groups in total. The molecule has 6 nitrogen and oxygen atoms in total. The van der Waals surface area contributed by atoms with E-state index in [1.165, 1.54) is 0 Å². The molecule has 0 amide bonds. The Hall–Kier alpha value is -2.12. The number of benzene rings is 2. The first-order chi connectivity index (χ1) is 14.1. The zero-order valence-corrected chi connectivity index (χ0v) is 17.5. The van der Waals surface area contributed by atoms with Crippen molar-refractivity contribution in [3.63, 3.8) is 0 Å². The Labute approximate surface area is 176 Å². The molecule has 2 aromatic rings. The van der Waals surface area contributed by atoms with Crippen LogP contribution in [0.2, 0.25) is 5.02 Å². The summed E-state index contributed by atoms with van der Waals surface area (Å²) >= 11 is 5.97. The van der Waals surface area contributed by atoms with Crippen molar-refractivity contribution in [2.24, 2.45) is 5.16 Å². The zero-order valence-electron chi connectivity index (χ0n) is 16.8. The molecule has 3 rings (SSSR count). The molecule has 0 bridgehead atoms. The number of rotatable bonds is 10. The van der Waals surface area contributed by atoms with Crippen molar-refractivity contribution in [3.05, 3.63) is 64.7 Å². The summed E-state index contributed by atoms with van der Waals surface area (Å²) in [4.78, 5) is 7.84. The first-order valence-corrected chi connectivity index (χ1v) is 9.96. The fraction of sp³-hybridized carbons (Fsp3) is 0.409. The van der Waals surface area contributed by atoms with Crippen LogP contribution in [0.3, 0.4) is 0 Å². The molecule has 0 spiro atoms. The van der Waals surface area contributed by atoms with E-state index >= 15 is 0 Å². The maximum Gasteiger partial charge on any atom is 0.145 e. The van der Waals surface area contributed by atoms with Gasteiger partial charge in [-0.1, -0.05) is 41.0 Å². The summed E-state index contributed by atoms with van der Waals surface area (Å²) in [6.45, 7) is 2.06. The highest BCUT2D eigenvalue weighted by atomic mass is 35.5. The number of nitrogens with zero attached hydrogens (tertiary/aromatic N) is 2. The smallest absolute Gasteiger partial charge is 0.145 e. The van der Waals surface area contributed by atoms with Crippen LogP contribution in [-0.2, 0) is 16.1 Å². The molecule has 0 unspecified atom stereocenters. The van der Waals surface area contributed by atoms with E-state index in [1.807, 2.05) is 48.5 Å². The lowest BCUT2D eigenvalue weighted by molar-refractivity contribution is 0.00920. The lowest BCUT2D eigenvalue weighted by atomic mass is 10.0. The number of hydrogen-bond donors (Lipinski definition) is 1. The minimum Gasteiger partial charge on any atom is -0.497 e. The summed E-state index contributed by atoms with van der Waals surface area (Å²) in [5, 5.41) is 15.2. The first-order valence-electron chi connectivity index (χ1n) is 9.58. The van der Waals surface area contributed by atoms with E-state index in [4.69, 9.17) is 25.9 Å². The molecule has 1 aliphatic rings. The minimum absolute atomic E-state index is 0.0824. The molecular weight excluding hydrogens is 392 g/mol. The topological polar surface area (TPSA) is 63.5 Å². The highest BCUT2D eigenvalue weighted by Gasteiger charge is 2.25. The van der Waals surface area contributed by atoms with Crippen LogP contribution < -0.4 is 4.74 Å². The van der Waals surface area contributed by atoms with E-state index in [0.717, 1.165) is 22.6 Å². The number of ether oxygens (including phenoxy) is 2. The average Bonchev–Trinajstić information content (AvgIpc) is 3.17. The highest BCUT2D eigenvalue weighted by Crippen LogP contribution is 2.21. The number of aliphatic hydroxyl groups excluding tert-OH is 1. The monoisotopic (exact) mass is 418 g/mol. The van der Waals surface area contributed by atoms with Gasteiger partial charge in [-0.2, -0.15) is 0 Å². The largest absolute Gasteiger partial charge is 0.497 e. The predicted molar refractivity (Wildman–Crippen MR) is 114 cm³/mol. The van der Waals surface area contributed by atoms with Crippen molar-refractivity contribution in [1.29, 1.82) is 0 Å². The number of methoxy groups -OCH3 is 2. The van der Waals surface area contributed by atoms with Crippen molar-refractivity contribution in [2.75, 3.05) is 33.9 Å². The molecule has 0 saturated heterocycles. The van der Waals surface area contributed by atoms with Crippen LogP contribution in [0.5, 0.6) is 5.75 Å². The van der Waals surface area contributed by atoms with Gasteiger partial charge in [0.15, 0.2) is 0 Å². The Morgan fingerprint density at radius 1 is 1.24 bits per heavy atom. The summed E-state index contributed by atoms with van der Waals surface area (Å²) in [6.07, 6.45) is 0.0427. The molecule has 156 valence electrons. The molecule has 7 heteroatoms. The Morgan fingerprint density at radius 2 is 2.03 bits per heavy atom. The third-order valence-corrected chi connectivity index (χ3v) is 4.99. The van der Waals surface area contributed by atoms with Gasteiger partial charge in [0.05, 0.1) is 25.5 Å². The van der Waals surface area contributed by atoms with E-state index in [9.17, 15) is 5.11 Å². The van der Waals surface area contributed by atoms with E-state index in [2.05, 4.69) is 10.1 Å². The van der Waals surface area contributed by atoms with Crippen LogP contribution in [0.4, 0.5) is 0 Å². The van der Waals surface area contributed by atoms with Crippen LogP contribution in [-0.4, -0.2) is 61.8 Å². The van der Waals surface area contributed by atoms with Gasteiger partial charge in [0, 0.05) is 38.2 Å². The lowest BCUT2D eigenvalue weighted by Gasteiger charge is -2.27.